The molecule has 0 unspecified atom stereocenters. The smallest absolute Gasteiger partial charge is 0.374 e. The molecule has 0 aromatic heterocycles. The van der Waals surface area contributed by atoms with E-state index in [1.165, 1.54) is 0 Å². The van der Waals surface area contributed by atoms with E-state index >= 15 is 0 Å². The summed E-state index contributed by atoms with van der Waals surface area (Å²) in [6.45, 7) is 3.93. The van der Waals surface area contributed by atoms with Crippen LogP contribution in [0.15, 0.2) is 12.2 Å². The van der Waals surface area contributed by atoms with E-state index in [1.807, 2.05) is 0 Å². The first-order chi connectivity index (χ1) is 4.68. The van der Waals surface area contributed by atoms with Gasteiger partial charge in [-0.15, -0.1) is 0 Å². The molecule has 3 heteroatoms. The Morgan fingerprint density at radius 2 is 2.30 bits per heavy atom. The standard InChI is InChI=1S/C7H14BNO/c1-6-3-4-7(5-6)9-8(2)10/h3-4,6-7,9-10H,5H2,1-2H3/t6-,7+/m1/s1. The van der Waals surface area contributed by atoms with Gasteiger partial charge in [-0.25, -0.2) is 0 Å². The van der Waals surface area contributed by atoms with E-state index in [9.17, 15) is 0 Å². The molecule has 56 valence electrons. The van der Waals surface area contributed by atoms with Crippen LogP contribution in [0, 0.1) is 5.92 Å². The minimum atomic E-state index is -0.389. The first kappa shape index (κ1) is 7.83. The molecule has 0 saturated carbocycles. The van der Waals surface area contributed by atoms with Gasteiger partial charge in [0, 0.05) is 6.04 Å². The fraction of sp³-hybridized carbons (Fsp3) is 0.714. The third-order valence-electron chi connectivity index (χ3n) is 1.75. The molecule has 0 spiro atoms. The Morgan fingerprint density at radius 1 is 1.60 bits per heavy atom. The van der Waals surface area contributed by atoms with Gasteiger partial charge in [0.25, 0.3) is 0 Å². The van der Waals surface area contributed by atoms with Gasteiger partial charge in [0.15, 0.2) is 0 Å². The summed E-state index contributed by atoms with van der Waals surface area (Å²) in [5.41, 5.74) is 0. The molecule has 0 amide bonds. The highest BCUT2D eigenvalue weighted by Crippen LogP contribution is 2.16. The lowest BCUT2D eigenvalue weighted by Gasteiger charge is -2.11. The zero-order valence-electron chi connectivity index (χ0n) is 6.54. The summed E-state index contributed by atoms with van der Waals surface area (Å²) in [4.78, 5) is 0. The molecule has 0 bridgehead atoms. The van der Waals surface area contributed by atoms with E-state index in [0.717, 1.165) is 6.42 Å². The van der Waals surface area contributed by atoms with Gasteiger partial charge in [0.1, 0.15) is 0 Å². The molecule has 0 radical (unpaired) electrons. The molecule has 0 aromatic rings. The van der Waals surface area contributed by atoms with Crippen LogP contribution in [0.1, 0.15) is 13.3 Å². The van der Waals surface area contributed by atoms with Gasteiger partial charge in [-0.1, -0.05) is 19.1 Å². The second-order valence-electron chi connectivity index (χ2n) is 3.05. The summed E-state index contributed by atoms with van der Waals surface area (Å²) in [5, 5.41) is 12.0. The van der Waals surface area contributed by atoms with Gasteiger partial charge in [0.2, 0.25) is 0 Å². The summed E-state index contributed by atoms with van der Waals surface area (Å²) in [5.74, 6) is 0.663. The largest absolute Gasteiger partial charge is 0.437 e. The molecule has 2 nitrogen and oxygen atoms in total. The third kappa shape index (κ3) is 2.16. The predicted molar refractivity (Wildman–Crippen MR) is 43.7 cm³/mol. The van der Waals surface area contributed by atoms with E-state index in [4.69, 9.17) is 5.02 Å². The SMILES string of the molecule is CB(O)N[C@H]1C=C[C@@H](C)C1. The second-order valence-corrected chi connectivity index (χ2v) is 3.05. The molecule has 0 aliphatic heterocycles. The Morgan fingerprint density at radius 3 is 2.70 bits per heavy atom. The fourth-order valence-corrected chi connectivity index (χ4v) is 1.31. The van der Waals surface area contributed by atoms with E-state index < -0.39 is 0 Å². The van der Waals surface area contributed by atoms with Crippen molar-refractivity contribution in [2.24, 2.45) is 5.92 Å². The zero-order valence-corrected chi connectivity index (χ0v) is 6.54. The number of rotatable bonds is 2. The highest BCUT2D eigenvalue weighted by molar-refractivity contribution is 6.45. The van der Waals surface area contributed by atoms with E-state index in [-0.39, 0.29) is 7.05 Å². The maximum absolute atomic E-state index is 8.95. The van der Waals surface area contributed by atoms with Crippen LogP contribution in [-0.2, 0) is 0 Å². The average Bonchev–Trinajstić information content (AvgIpc) is 2.13. The summed E-state index contributed by atoms with van der Waals surface area (Å²) in [7, 11) is -0.389. The topological polar surface area (TPSA) is 32.3 Å². The molecule has 1 aliphatic rings. The minimum absolute atomic E-state index is 0.384. The Hall–Kier alpha value is -0.275. The van der Waals surface area contributed by atoms with Crippen molar-refractivity contribution in [3.63, 3.8) is 0 Å². The van der Waals surface area contributed by atoms with Gasteiger partial charge in [-0.3, -0.25) is 0 Å². The summed E-state index contributed by atoms with van der Waals surface area (Å²) in [6.07, 6.45) is 5.42. The molecular weight excluding hydrogens is 125 g/mol. The number of hydrogen-bond acceptors (Lipinski definition) is 2. The highest BCUT2D eigenvalue weighted by atomic mass is 16.2. The van der Waals surface area contributed by atoms with E-state index in [0.29, 0.717) is 12.0 Å². The normalized spacial score (nSPS) is 31.1. The number of nitrogens with one attached hydrogen (secondary N) is 1. The summed E-state index contributed by atoms with van der Waals surface area (Å²) in [6, 6.07) is 0.384. The highest BCUT2D eigenvalue weighted by Gasteiger charge is 2.16. The molecule has 2 N–H and O–H groups in total. The average molecular weight is 139 g/mol. The first-order valence-corrected chi connectivity index (χ1v) is 3.81. The predicted octanol–water partition coefficient (Wildman–Crippen LogP) is 0.651. The summed E-state index contributed by atoms with van der Waals surface area (Å²) < 4.78 is 0. The van der Waals surface area contributed by atoms with Crippen molar-refractivity contribution in [2.75, 3.05) is 0 Å². The van der Waals surface area contributed by atoms with Gasteiger partial charge in [-0.05, 0) is 19.2 Å². The first-order valence-electron chi connectivity index (χ1n) is 3.81. The zero-order chi connectivity index (χ0) is 7.56. The van der Waals surface area contributed by atoms with Crippen molar-refractivity contribution < 1.29 is 5.02 Å². The Labute approximate surface area is 62.5 Å². The van der Waals surface area contributed by atoms with Gasteiger partial charge in [0.05, 0.1) is 0 Å². The van der Waals surface area contributed by atoms with Crippen LogP contribution < -0.4 is 5.23 Å². The Balaban J connectivity index is 2.26. The third-order valence-corrected chi connectivity index (χ3v) is 1.75. The van der Waals surface area contributed by atoms with E-state index in [2.05, 4.69) is 24.3 Å². The van der Waals surface area contributed by atoms with E-state index in [1.54, 1.807) is 6.82 Å². The molecule has 2 atom stereocenters. The molecule has 1 aliphatic carbocycles. The van der Waals surface area contributed by atoms with Crippen molar-refractivity contribution in [1.82, 2.24) is 5.23 Å². The van der Waals surface area contributed by atoms with Gasteiger partial charge >= 0.3 is 7.05 Å². The molecule has 1 rings (SSSR count). The Kier molecular flexibility index (Phi) is 2.52. The van der Waals surface area contributed by atoms with Crippen molar-refractivity contribution in [2.45, 2.75) is 26.2 Å². The van der Waals surface area contributed by atoms with Crippen LogP contribution in [0.4, 0.5) is 0 Å². The number of allylic oxidation sites excluding steroid dienone is 1. The molecule has 0 fully saturated rings. The minimum Gasteiger partial charge on any atom is -0.437 e. The van der Waals surface area contributed by atoms with Gasteiger partial charge in [-0.2, -0.15) is 0 Å². The van der Waals surface area contributed by atoms with Crippen molar-refractivity contribution in [3.8, 4) is 0 Å². The molecule has 0 saturated heterocycles. The maximum Gasteiger partial charge on any atom is 0.374 e. The van der Waals surface area contributed by atoms with Crippen molar-refractivity contribution in [1.29, 1.82) is 0 Å². The lowest BCUT2D eigenvalue weighted by atomic mass is 9.87. The van der Waals surface area contributed by atoms with Crippen molar-refractivity contribution in [3.05, 3.63) is 12.2 Å². The molecule has 0 aromatic carbocycles. The quantitative estimate of drug-likeness (QED) is 0.434. The second kappa shape index (κ2) is 3.22. The maximum atomic E-state index is 8.95. The van der Waals surface area contributed by atoms with Crippen LogP contribution >= 0.6 is 0 Å². The van der Waals surface area contributed by atoms with Gasteiger partial charge < -0.3 is 10.3 Å². The molecular formula is C7H14BNO. The van der Waals surface area contributed by atoms with Crippen LogP contribution in [0.3, 0.4) is 0 Å². The van der Waals surface area contributed by atoms with Crippen LogP contribution in [0.2, 0.25) is 6.82 Å². The monoisotopic (exact) mass is 139 g/mol. The van der Waals surface area contributed by atoms with Crippen LogP contribution in [-0.4, -0.2) is 18.1 Å². The lowest BCUT2D eigenvalue weighted by Crippen LogP contribution is -2.37. The molecule has 0 heterocycles. The fourth-order valence-electron chi connectivity index (χ4n) is 1.31. The molecule has 10 heavy (non-hydrogen) atoms. The van der Waals surface area contributed by atoms with Crippen molar-refractivity contribution >= 4 is 7.05 Å². The lowest BCUT2D eigenvalue weighted by molar-refractivity contribution is 0.522. The number of hydrogen-bond donors (Lipinski definition) is 2. The summed E-state index contributed by atoms with van der Waals surface area (Å²) >= 11 is 0. The Bertz CT molecular complexity index is 136. The van der Waals surface area contributed by atoms with Crippen LogP contribution in [0.25, 0.3) is 0 Å². The van der Waals surface area contributed by atoms with Crippen LogP contribution in [0.5, 0.6) is 0 Å².